The van der Waals surface area contributed by atoms with E-state index in [-0.39, 0.29) is 0 Å². The number of aromatic nitrogens is 2. The van der Waals surface area contributed by atoms with E-state index < -0.39 is 0 Å². The first-order chi connectivity index (χ1) is 6.77. The summed E-state index contributed by atoms with van der Waals surface area (Å²) in [6.07, 6.45) is 3.33. The fourth-order valence-electron chi connectivity index (χ4n) is 1.98. The molecule has 0 amide bonds. The minimum Gasteiger partial charge on any atom is -0.367 e. The summed E-state index contributed by atoms with van der Waals surface area (Å²) >= 11 is 0. The fraction of sp³-hybridized carbons (Fsp3) is 0.700. The van der Waals surface area contributed by atoms with Crippen LogP contribution in [0, 0.1) is 6.92 Å². The standard InChI is InChI=1S/C10H18N4/c1-9-10(8-13(2)12-9)14-6-3-4-11-5-7-14/h8,11H,3-7H2,1-2H3. The third kappa shape index (κ3) is 1.90. The highest BCUT2D eigenvalue weighted by atomic mass is 15.3. The van der Waals surface area contributed by atoms with Gasteiger partial charge < -0.3 is 10.2 Å². The molecule has 0 radical (unpaired) electrons. The van der Waals surface area contributed by atoms with Crippen molar-refractivity contribution in [3.63, 3.8) is 0 Å². The lowest BCUT2D eigenvalue weighted by atomic mass is 10.3. The van der Waals surface area contributed by atoms with Gasteiger partial charge in [0.25, 0.3) is 0 Å². The highest BCUT2D eigenvalue weighted by Gasteiger charge is 2.13. The number of anilines is 1. The Hall–Kier alpha value is -1.03. The van der Waals surface area contributed by atoms with Crippen LogP contribution >= 0.6 is 0 Å². The molecule has 78 valence electrons. The van der Waals surface area contributed by atoms with E-state index in [2.05, 4.69) is 28.4 Å². The van der Waals surface area contributed by atoms with Gasteiger partial charge in [0, 0.05) is 32.9 Å². The summed E-state index contributed by atoms with van der Waals surface area (Å²) in [4.78, 5) is 2.42. The van der Waals surface area contributed by atoms with Crippen LogP contribution in [0.2, 0.25) is 0 Å². The molecule has 1 aromatic rings. The lowest BCUT2D eigenvalue weighted by Gasteiger charge is -2.20. The Morgan fingerprint density at radius 3 is 2.93 bits per heavy atom. The van der Waals surface area contributed by atoms with Gasteiger partial charge in [-0.05, 0) is 19.9 Å². The van der Waals surface area contributed by atoms with Gasteiger partial charge in [0.05, 0.1) is 11.4 Å². The van der Waals surface area contributed by atoms with Crippen LogP contribution in [-0.4, -0.2) is 36.0 Å². The average Bonchev–Trinajstić information content (AvgIpc) is 2.43. The molecule has 0 unspecified atom stereocenters. The Balaban J connectivity index is 2.15. The van der Waals surface area contributed by atoms with Gasteiger partial charge in [-0.15, -0.1) is 0 Å². The molecule has 1 N–H and O–H groups in total. The first-order valence-corrected chi connectivity index (χ1v) is 5.23. The number of nitrogens with one attached hydrogen (secondary N) is 1. The predicted octanol–water partition coefficient (Wildman–Crippen LogP) is 0.528. The van der Waals surface area contributed by atoms with Crippen molar-refractivity contribution in [2.45, 2.75) is 13.3 Å². The van der Waals surface area contributed by atoms with Crippen LogP contribution in [0.4, 0.5) is 5.69 Å². The quantitative estimate of drug-likeness (QED) is 0.708. The molecule has 4 nitrogen and oxygen atoms in total. The van der Waals surface area contributed by atoms with E-state index in [1.807, 2.05) is 11.7 Å². The van der Waals surface area contributed by atoms with Crippen LogP contribution in [0.3, 0.4) is 0 Å². The molecule has 4 heteroatoms. The zero-order chi connectivity index (χ0) is 9.97. The molecule has 0 aromatic carbocycles. The lowest BCUT2D eigenvalue weighted by molar-refractivity contribution is 0.724. The zero-order valence-electron chi connectivity index (χ0n) is 8.95. The summed E-state index contributed by atoms with van der Waals surface area (Å²) in [6.45, 7) is 6.52. The maximum Gasteiger partial charge on any atom is 0.0827 e. The molecule has 2 rings (SSSR count). The van der Waals surface area contributed by atoms with E-state index in [1.54, 1.807) is 0 Å². The van der Waals surface area contributed by atoms with Crippen LogP contribution in [0.5, 0.6) is 0 Å². The van der Waals surface area contributed by atoms with E-state index in [9.17, 15) is 0 Å². The molecule has 1 aromatic heterocycles. The second kappa shape index (κ2) is 4.00. The molecular formula is C10H18N4. The topological polar surface area (TPSA) is 33.1 Å². The van der Waals surface area contributed by atoms with Crippen molar-refractivity contribution in [1.82, 2.24) is 15.1 Å². The lowest BCUT2D eigenvalue weighted by Crippen LogP contribution is -2.27. The number of rotatable bonds is 1. The second-order valence-electron chi connectivity index (χ2n) is 3.86. The first kappa shape index (κ1) is 9.52. The van der Waals surface area contributed by atoms with E-state index in [0.29, 0.717) is 0 Å². The van der Waals surface area contributed by atoms with Crippen molar-refractivity contribution in [3.05, 3.63) is 11.9 Å². The van der Waals surface area contributed by atoms with E-state index >= 15 is 0 Å². The third-order valence-corrected chi connectivity index (χ3v) is 2.67. The maximum atomic E-state index is 4.37. The highest BCUT2D eigenvalue weighted by molar-refractivity contribution is 5.48. The summed E-state index contributed by atoms with van der Waals surface area (Å²) in [7, 11) is 1.98. The van der Waals surface area contributed by atoms with Gasteiger partial charge >= 0.3 is 0 Å². The van der Waals surface area contributed by atoms with E-state index in [0.717, 1.165) is 31.9 Å². The van der Waals surface area contributed by atoms with Crippen LogP contribution in [-0.2, 0) is 7.05 Å². The Bertz CT molecular complexity index is 297. The second-order valence-corrected chi connectivity index (χ2v) is 3.86. The molecule has 1 fully saturated rings. The van der Waals surface area contributed by atoms with Crippen molar-refractivity contribution in [2.75, 3.05) is 31.1 Å². The van der Waals surface area contributed by atoms with Crippen molar-refractivity contribution in [1.29, 1.82) is 0 Å². The summed E-state index contributed by atoms with van der Waals surface area (Å²) in [6, 6.07) is 0. The van der Waals surface area contributed by atoms with Gasteiger partial charge in [0.1, 0.15) is 0 Å². The number of aryl methyl sites for hydroxylation is 2. The normalized spacial score (nSPS) is 18.3. The predicted molar refractivity (Wildman–Crippen MR) is 57.6 cm³/mol. The smallest absolute Gasteiger partial charge is 0.0827 e. The van der Waals surface area contributed by atoms with Gasteiger partial charge in [-0.2, -0.15) is 5.10 Å². The van der Waals surface area contributed by atoms with Gasteiger partial charge in [0.2, 0.25) is 0 Å². The monoisotopic (exact) mass is 194 g/mol. The van der Waals surface area contributed by atoms with E-state index in [1.165, 1.54) is 12.1 Å². The SMILES string of the molecule is Cc1nn(C)cc1N1CCCNCC1. The molecule has 0 aliphatic carbocycles. The summed E-state index contributed by atoms with van der Waals surface area (Å²) < 4.78 is 1.89. The number of nitrogens with zero attached hydrogens (tertiary/aromatic N) is 3. The molecule has 14 heavy (non-hydrogen) atoms. The van der Waals surface area contributed by atoms with Gasteiger partial charge in [0.15, 0.2) is 0 Å². The largest absolute Gasteiger partial charge is 0.367 e. The Morgan fingerprint density at radius 1 is 1.36 bits per heavy atom. The Labute approximate surface area is 84.9 Å². The highest BCUT2D eigenvalue weighted by Crippen LogP contribution is 2.18. The molecular weight excluding hydrogens is 176 g/mol. The summed E-state index contributed by atoms with van der Waals surface area (Å²) in [5, 5.41) is 7.78. The molecule has 1 aliphatic rings. The summed E-state index contributed by atoms with van der Waals surface area (Å²) in [5.41, 5.74) is 2.42. The minimum atomic E-state index is 1.08. The van der Waals surface area contributed by atoms with Crippen molar-refractivity contribution >= 4 is 5.69 Å². The molecule has 0 bridgehead atoms. The molecule has 2 heterocycles. The van der Waals surface area contributed by atoms with Gasteiger partial charge in [-0.3, -0.25) is 4.68 Å². The van der Waals surface area contributed by atoms with Crippen LogP contribution in [0.1, 0.15) is 12.1 Å². The summed E-state index contributed by atoms with van der Waals surface area (Å²) in [5.74, 6) is 0. The third-order valence-electron chi connectivity index (χ3n) is 2.67. The first-order valence-electron chi connectivity index (χ1n) is 5.23. The molecule has 1 saturated heterocycles. The van der Waals surface area contributed by atoms with Crippen LogP contribution in [0.25, 0.3) is 0 Å². The molecule has 0 saturated carbocycles. The van der Waals surface area contributed by atoms with Gasteiger partial charge in [-0.25, -0.2) is 0 Å². The number of hydrogen-bond donors (Lipinski definition) is 1. The maximum absolute atomic E-state index is 4.37. The van der Waals surface area contributed by atoms with Crippen molar-refractivity contribution < 1.29 is 0 Å². The fourth-order valence-corrected chi connectivity index (χ4v) is 1.98. The molecule has 1 aliphatic heterocycles. The van der Waals surface area contributed by atoms with Gasteiger partial charge in [-0.1, -0.05) is 0 Å². The zero-order valence-corrected chi connectivity index (χ0v) is 8.95. The van der Waals surface area contributed by atoms with Crippen molar-refractivity contribution in [3.8, 4) is 0 Å². The molecule has 0 spiro atoms. The van der Waals surface area contributed by atoms with Crippen LogP contribution in [0.15, 0.2) is 6.20 Å². The van der Waals surface area contributed by atoms with E-state index in [4.69, 9.17) is 0 Å². The number of hydrogen-bond acceptors (Lipinski definition) is 3. The average molecular weight is 194 g/mol. The van der Waals surface area contributed by atoms with Crippen LogP contribution < -0.4 is 10.2 Å². The molecule has 0 atom stereocenters. The Kier molecular flexibility index (Phi) is 2.72. The minimum absolute atomic E-state index is 1.08. The van der Waals surface area contributed by atoms with Crippen molar-refractivity contribution in [2.24, 2.45) is 7.05 Å². The Morgan fingerprint density at radius 2 is 2.21 bits per heavy atom.